The first-order valence-electron chi connectivity index (χ1n) is 6.35. The average molecular weight is 273 g/mol. The fraction of sp³-hybridized carbons (Fsp3) is 0.133. The first-order chi connectivity index (χ1) is 9.74. The number of nitrogens with zero attached hydrogens (tertiary/aromatic N) is 1. The maximum absolute atomic E-state index is 13.5. The molecule has 0 saturated carbocycles. The molecule has 0 radical (unpaired) electrons. The van der Waals surface area contributed by atoms with E-state index in [0.717, 1.165) is 11.0 Å². The highest BCUT2D eigenvalue weighted by Crippen LogP contribution is 2.15. The smallest absolute Gasteiger partial charge is 0.201 e. The van der Waals surface area contributed by atoms with Crippen LogP contribution < -0.4 is 5.32 Å². The Morgan fingerprint density at radius 3 is 2.50 bits per heavy atom. The maximum atomic E-state index is 13.5. The number of para-hydroxylation sites is 2. The lowest BCUT2D eigenvalue weighted by molar-refractivity contribution is 0.557. The molecule has 0 fully saturated rings. The minimum absolute atomic E-state index is 0.0936. The molecule has 3 nitrogen and oxygen atoms in total. The van der Waals surface area contributed by atoms with Gasteiger partial charge in [-0.1, -0.05) is 18.2 Å². The van der Waals surface area contributed by atoms with E-state index >= 15 is 0 Å². The molecule has 0 spiro atoms. The average Bonchev–Trinajstić information content (AvgIpc) is 2.84. The van der Waals surface area contributed by atoms with Crippen molar-refractivity contribution < 1.29 is 8.78 Å². The Morgan fingerprint density at radius 1 is 1.00 bits per heavy atom. The molecule has 5 heteroatoms. The third-order valence-corrected chi connectivity index (χ3v) is 3.12. The van der Waals surface area contributed by atoms with Gasteiger partial charge in [-0.3, -0.25) is 0 Å². The van der Waals surface area contributed by atoms with Crippen molar-refractivity contribution in [1.29, 1.82) is 0 Å². The molecule has 1 aromatic heterocycles. The normalized spacial score (nSPS) is 10.9. The molecule has 0 saturated heterocycles. The van der Waals surface area contributed by atoms with E-state index in [2.05, 4.69) is 15.3 Å². The molecule has 0 unspecified atom stereocenters. The highest BCUT2D eigenvalue weighted by molar-refractivity contribution is 5.77. The van der Waals surface area contributed by atoms with Crippen molar-refractivity contribution in [2.24, 2.45) is 0 Å². The van der Waals surface area contributed by atoms with E-state index in [1.807, 2.05) is 24.3 Å². The first-order valence-corrected chi connectivity index (χ1v) is 6.35. The monoisotopic (exact) mass is 273 g/mol. The van der Waals surface area contributed by atoms with E-state index in [9.17, 15) is 8.78 Å². The Bertz CT molecular complexity index is 684. The second-order valence-electron chi connectivity index (χ2n) is 4.48. The fourth-order valence-electron chi connectivity index (χ4n) is 2.11. The number of aromatic nitrogens is 2. The Kier molecular flexibility index (Phi) is 3.33. The summed E-state index contributed by atoms with van der Waals surface area (Å²) in [6.45, 7) is 0.400. The van der Waals surface area contributed by atoms with Crippen LogP contribution in [0.1, 0.15) is 5.56 Å². The molecule has 0 bridgehead atoms. The molecule has 3 aromatic rings. The number of H-pyrrole nitrogens is 1. The van der Waals surface area contributed by atoms with Gasteiger partial charge >= 0.3 is 0 Å². The van der Waals surface area contributed by atoms with Crippen molar-refractivity contribution in [3.05, 3.63) is 59.7 Å². The second kappa shape index (κ2) is 5.28. The number of aromatic amines is 1. The van der Waals surface area contributed by atoms with E-state index in [4.69, 9.17) is 0 Å². The largest absolute Gasteiger partial charge is 0.355 e. The van der Waals surface area contributed by atoms with Crippen molar-refractivity contribution in [2.75, 3.05) is 11.9 Å². The molecule has 20 heavy (non-hydrogen) atoms. The van der Waals surface area contributed by atoms with Crippen molar-refractivity contribution in [3.8, 4) is 0 Å². The van der Waals surface area contributed by atoms with Gasteiger partial charge in [-0.15, -0.1) is 0 Å². The van der Waals surface area contributed by atoms with Crippen LogP contribution in [0.15, 0.2) is 42.5 Å². The van der Waals surface area contributed by atoms with Gasteiger partial charge in [0.2, 0.25) is 5.95 Å². The van der Waals surface area contributed by atoms with Crippen LogP contribution in [0.2, 0.25) is 0 Å². The quantitative estimate of drug-likeness (QED) is 0.764. The van der Waals surface area contributed by atoms with E-state index in [-0.39, 0.29) is 12.0 Å². The van der Waals surface area contributed by atoms with Gasteiger partial charge in [-0.2, -0.15) is 0 Å². The van der Waals surface area contributed by atoms with E-state index < -0.39 is 11.6 Å². The molecular formula is C15H13F2N3. The summed E-state index contributed by atoms with van der Waals surface area (Å²) >= 11 is 0. The Balaban J connectivity index is 1.68. The summed E-state index contributed by atoms with van der Waals surface area (Å²) in [5.74, 6) is -0.434. The molecule has 102 valence electrons. The third-order valence-electron chi connectivity index (χ3n) is 3.12. The molecule has 2 aromatic carbocycles. The summed E-state index contributed by atoms with van der Waals surface area (Å²) < 4.78 is 26.9. The predicted molar refractivity (Wildman–Crippen MR) is 74.6 cm³/mol. The highest BCUT2D eigenvalue weighted by Gasteiger charge is 2.08. The summed E-state index contributed by atoms with van der Waals surface area (Å²) in [5, 5.41) is 3.04. The highest BCUT2D eigenvalue weighted by atomic mass is 19.1. The molecule has 0 aliphatic rings. The molecule has 0 atom stereocenters. The molecule has 2 N–H and O–H groups in total. The summed E-state index contributed by atoms with van der Waals surface area (Å²) in [7, 11) is 0. The van der Waals surface area contributed by atoms with Crippen LogP contribution in [-0.2, 0) is 6.42 Å². The number of benzene rings is 2. The van der Waals surface area contributed by atoms with Crippen LogP contribution in [0.25, 0.3) is 11.0 Å². The molecule has 0 aliphatic carbocycles. The number of halogens is 2. The fourth-order valence-corrected chi connectivity index (χ4v) is 2.11. The van der Waals surface area contributed by atoms with Crippen LogP contribution in [0.5, 0.6) is 0 Å². The SMILES string of the molecule is Fc1cccc(F)c1CCNc1nc2ccccc2[nH]1. The van der Waals surface area contributed by atoms with Gasteiger partial charge < -0.3 is 10.3 Å². The van der Waals surface area contributed by atoms with Gasteiger partial charge in [0.15, 0.2) is 0 Å². The van der Waals surface area contributed by atoms with E-state index in [1.54, 1.807) is 0 Å². The minimum Gasteiger partial charge on any atom is -0.355 e. The summed E-state index contributed by atoms with van der Waals surface area (Å²) in [6, 6.07) is 11.5. The zero-order valence-electron chi connectivity index (χ0n) is 10.7. The zero-order chi connectivity index (χ0) is 13.9. The topological polar surface area (TPSA) is 40.7 Å². The van der Waals surface area contributed by atoms with Crippen LogP contribution in [0.4, 0.5) is 14.7 Å². The number of hydrogen-bond acceptors (Lipinski definition) is 2. The number of anilines is 1. The minimum atomic E-state index is -0.517. The van der Waals surface area contributed by atoms with Crippen molar-refractivity contribution in [2.45, 2.75) is 6.42 Å². The second-order valence-corrected chi connectivity index (χ2v) is 4.48. The van der Waals surface area contributed by atoms with Crippen molar-refractivity contribution in [1.82, 2.24) is 9.97 Å². The van der Waals surface area contributed by atoms with Gasteiger partial charge in [-0.25, -0.2) is 13.8 Å². The number of rotatable bonds is 4. The van der Waals surface area contributed by atoms with Gasteiger partial charge in [0.1, 0.15) is 11.6 Å². The molecule has 0 amide bonds. The third kappa shape index (κ3) is 2.47. The first kappa shape index (κ1) is 12.6. The lowest BCUT2D eigenvalue weighted by atomic mass is 10.1. The summed E-state index contributed by atoms with van der Waals surface area (Å²) in [5.41, 5.74) is 1.87. The summed E-state index contributed by atoms with van der Waals surface area (Å²) in [4.78, 5) is 7.44. The van der Waals surface area contributed by atoms with Crippen LogP contribution in [0.3, 0.4) is 0 Å². The summed E-state index contributed by atoms with van der Waals surface area (Å²) in [6.07, 6.45) is 0.259. The van der Waals surface area contributed by atoms with Crippen molar-refractivity contribution >= 4 is 17.0 Å². The Hall–Kier alpha value is -2.43. The van der Waals surface area contributed by atoms with Crippen LogP contribution in [-0.4, -0.2) is 16.5 Å². The predicted octanol–water partition coefficient (Wildman–Crippen LogP) is 3.50. The lowest BCUT2D eigenvalue weighted by Gasteiger charge is -2.05. The van der Waals surface area contributed by atoms with E-state index in [1.165, 1.54) is 18.2 Å². The molecule has 0 aliphatic heterocycles. The maximum Gasteiger partial charge on any atom is 0.201 e. The van der Waals surface area contributed by atoms with Crippen LogP contribution in [0, 0.1) is 11.6 Å². The lowest BCUT2D eigenvalue weighted by Crippen LogP contribution is -2.08. The van der Waals surface area contributed by atoms with Gasteiger partial charge in [0, 0.05) is 12.1 Å². The molecule has 1 heterocycles. The van der Waals surface area contributed by atoms with E-state index in [0.29, 0.717) is 12.5 Å². The number of imidazole rings is 1. The standard InChI is InChI=1S/C15H13F2N3/c16-11-4-3-5-12(17)10(11)8-9-18-15-19-13-6-1-2-7-14(13)20-15/h1-7H,8-9H2,(H2,18,19,20). The van der Waals surface area contributed by atoms with Gasteiger partial charge in [-0.05, 0) is 30.7 Å². The Labute approximate surface area is 114 Å². The number of hydrogen-bond donors (Lipinski definition) is 2. The number of nitrogens with one attached hydrogen (secondary N) is 2. The van der Waals surface area contributed by atoms with Gasteiger partial charge in [0.25, 0.3) is 0 Å². The van der Waals surface area contributed by atoms with Gasteiger partial charge in [0.05, 0.1) is 11.0 Å². The Morgan fingerprint density at radius 2 is 1.75 bits per heavy atom. The molecule has 3 rings (SSSR count). The van der Waals surface area contributed by atoms with Crippen molar-refractivity contribution in [3.63, 3.8) is 0 Å². The number of fused-ring (bicyclic) bond motifs is 1. The zero-order valence-corrected chi connectivity index (χ0v) is 10.7. The molecular weight excluding hydrogens is 260 g/mol. The van der Waals surface area contributed by atoms with Crippen LogP contribution >= 0.6 is 0 Å².